The van der Waals surface area contributed by atoms with Crippen molar-refractivity contribution in [3.8, 4) is 5.75 Å². The monoisotopic (exact) mass is 332 g/mol. The van der Waals surface area contributed by atoms with E-state index in [-0.39, 0.29) is 17.9 Å². The summed E-state index contributed by atoms with van der Waals surface area (Å²) >= 11 is 1.55. The second kappa shape index (κ2) is 6.09. The molecule has 5 nitrogen and oxygen atoms in total. The number of nitrogens with zero attached hydrogens (tertiary/aromatic N) is 2. The van der Waals surface area contributed by atoms with E-state index in [4.69, 9.17) is 14.5 Å². The molecule has 1 saturated heterocycles. The number of hydrogen-bond donors (Lipinski definition) is 0. The highest BCUT2D eigenvalue weighted by atomic mass is 32.1. The van der Waals surface area contributed by atoms with Gasteiger partial charge in [-0.1, -0.05) is 17.4 Å². The predicted molar refractivity (Wildman–Crippen MR) is 90.2 cm³/mol. The largest absolute Gasteiger partial charge is 0.494 e. The first-order valence-electron chi connectivity index (χ1n) is 8.13. The van der Waals surface area contributed by atoms with Gasteiger partial charge in [-0.15, -0.1) is 0 Å². The number of rotatable bonds is 5. The van der Waals surface area contributed by atoms with Crippen LogP contribution in [-0.2, 0) is 9.53 Å². The van der Waals surface area contributed by atoms with Crippen molar-refractivity contribution >= 4 is 32.6 Å². The van der Waals surface area contributed by atoms with Crippen molar-refractivity contribution in [1.82, 2.24) is 4.98 Å². The molecule has 2 heterocycles. The van der Waals surface area contributed by atoms with Gasteiger partial charge < -0.3 is 9.47 Å². The lowest BCUT2D eigenvalue weighted by Gasteiger charge is -2.23. The van der Waals surface area contributed by atoms with Crippen LogP contribution in [0.25, 0.3) is 10.2 Å². The van der Waals surface area contributed by atoms with Crippen LogP contribution in [0.1, 0.15) is 25.7 Å². The quantitative estimate of drug-likeness (QED) is 0.843. The van der Waals surface area contributed by atoms with Crippen LogP contribution < -0.4 is 9.64 Å². The lowest BCUT2D eigenvalue weighted by Crippen LogP contribution is -2.38. The van der Waals surface area contributed by atoms with Crippen LogP contribution in [0.5, 0.6) is 5.75 Å². The molecular formula is C17H20N2O3S. The van der Waals surface area contributed by atoms with E-state index in [1.807, 2.05) is 23.1 Å². The van der Waals surface area contributed by atoms with E-state index >= 15 is 0 Å². The fourth-order valence-electron chi connectivity index (χ4n) is 3.00. The number of carbonyl (C=O) groups excluding carboxylic acids is 1. The van der Waals surface area contributed by atoms with Gasteiger partial charge in [-0.2, -0.15) is 0 Å². The van der Waals surface area contributed by atoms with Crippen molar-refractivity contribution in [3.63, 3.8) is 0 Å². The number of ether oxygens (including phenoxy) is 2. The number of carbonyl (C=O) groups is 1. The predicted octanol–water partition coefficient (Wildman–Crippen LogP) is 3.23. The summed E-state index contributed by atoms with van der Waals surface area (Å²) in [5.74, 6) is 1.12. The molecule has 23 heavy (non-hydrogen) atoms. The summed E-state index contributed by atoms with van der Waals surface area (Å²) in [6.45, 7) is 1.40. The number of fused-ring (bicyclic) bond motifs is 1. The first-order chi connectivity index (χ1) is 11.3. The number of amides is 1. The van der Waals surface area contributed by atoms with Crippen LogP contribution >= 0.6 is 11.3 Å². The fourth-order valence-corrected chi connectivity index (χ4v) is 3.99. The van der Waals surface area contributed by atoms with Crippen molar-refractivity contribution in [2.24, 2.45) is 5.92 Å². The van der Waals surface area contributed by atoms with Gasteiger partial charge in [-0.05, 0) is 37.8 Å². The first-order valence-corrected chi connectivity index (χ1v) is 8.94. The molecule has 122 valence electrons. The second-order valence-corrected chi connectivity index (χ2v) is 7.17. The van der Waals surface area contributed by atoms with Crippen molar-refractivity contribution in [2.75, 3.05) is 25.2 Å². The molecule has 1 atom stereocenters. The van der Waals surface area contributed by atoms with Crippen LogP contribution in [0.4, 0.5) is 5.13 Å². The fraction of sp³-hybridized carbons (Fsp3) is 0.529. The normalized spacial score (nSPS) is 20.8. The van der Waals surface area contributed by atoms with Crippen molar-refractivity contribution in [3.05, 3.63) is 18.2 Å². The number of aromatic nitrogens is 1. The van der Waals surface area contributed by atoms with Crippen molar-refractivity contribution in [1.29, 1.82) is 0 Å². The smallest absolute Gasteiger partial charge is 0.231 e. The Morgan fingerprint density at radius 1 is 1.43 bits per heavy atom. The molecule has 2 fully saturated rings. The summed E-state index contributed by atoms with van der Waals surface area (Å²) in [5, 5.41) is 0.761. The Bertz CT molecular complexity index is 720. The van der Waals surface area contributed by atoms with Gasteiger partial charge in [0.1, 0.15) is 11.3 Å². The second-order valence-electron chi connectivity index (χ2n) is 6.16. The molecule has 2 aliphatic rings. The summed E-state index contributed by atoms with van der Waals surface area (Å²) in [7, 11) is 1.65. The number of methoxy groups -OCH3 is 1. The Morgan fingerprint density at radius 3 is 3.00 bits per heavy atom. The van der Waals surface area contributed by atoms with Gasteiger partial charge in [-0.25, -0.2) is 4.98 Å². The Labute approximate surface area is 139 Å². The molecule has 0 bridgehead atoms. The molecule has 0 radical (unpaired) electrons. The summed E-state index contributed by atoms with van der Waals surface area (Å²) < 4.78 is 12.2. The van der Waals surface area contributed by atoms with Crippen LogP contribution in [0.15, 0.2) is 18.2 Å². The van der Waals surface area contributed by atoms with E-state index in [9.17, 15) is 4.79 Å². The van der Waals surface area contributed by atoms with E-state index in [2.05, 4.69) is 0 Å². The van der Waals surface area contributed by atoms with Gasteiger partial charge in [0.05, 0.1) is 24.5 Å². The average Bonchev–Trinajstić information content (AvgIpc) is 3.12. The lowest BCUT2D eigenvalue weighted by atomic mass is 10.2. The molecule has 6 heteroatoms. The zero-order valence-corrected chi connectivity index (χ0v) is 14.0. The summed E-state index contributed by atoms with van der Waals surface area (Å²) in [4.78, 5) is 19.3. The maximum absolute atomic E-state index is 12.7. The number of para-hydroxylation sites is 1. The van der Waals surface area contributed by atoms with Gasteiger partial charge in [0, 0.05) is 12.5 Å². The summed E-state index contributed by atoms with van der Waals surface area (Å²) in [5.41, 5.74) is 0.830. The first kappa shape index (κ1) is 14.9. The molecule has 0 N–H and O–H groups in total. The summed E-state index contributed by atoms with van der Waals surface area (Å²) in [6, 6.07) is 5.88. The van der Waals surface area contributed by atoms with E-state index in [1.165, 1.54) is 0 Å². The maximum Gasteiger partial charge on any atom is 0.231 e. The van der Waals surface area contributed by atoms with Gasteiger partial charge in [0.2, 0.25) is 5.91 Å². The lowest BCUT2D eigenvalue weighted by molar-refractivity contribution is -0.120. The molecule has 2 aromatic rings. The molecule has 1 aliphatic heterocycles. The standard InChI is InChI=1S/C17H20N2O3S/c1-21-13-5-2-6-14-15(13)18-17(23-14)19(16(20)11-7-8-11)10-12-4-3-9-22-12/h2,5-6,11-12H,3-4,7-10H2,1H3/t12-/m1/s1. The van der Waals surface area contributed by atoms with E-state index in [1.54, 1.807) is 18.4 Å². The Hall–Kier alpha value is -1.66. The zero-order chi connectivity index (χ0) is 15.8. The van der Waals surface area contributed by atoms with Crippen molar-refractivity contribution < 1.29 is 14.3 Å². The molecule has 0 spiro atoms. The molecule has 0 unspecified atom stereocenters. The third-order valence-electron chi connectivity index (χ3n) is 4.42. The van der Waals surface area contributed by atoms with Crippen molar-refractivity contribution in [2.45, 2.75) is 31.8 Å². The Kier molecular flexibility index (Phi) is 3.95. The highest BCUT2D eigenvalue weighted by Gasteiger charge is 2.36. The van der Waals surface area contributed by atoms with E-state index in [0.29, 0.717) is 6.54 Å². The van der Waals surface area contributed by atoms with E-state index in [0.717, 1.165) is 53.4 Å². The molecule has 4 rings (SSSR count). The van der Waals surface area contributed by atoms with Gasteiger partial charge >= 0.3 is 0 Å². The molecule has 1 aromatic carbocycles. The van der Waals surface area contributed by atoms with Crippen LogP contribution in [0.3, 0.4) is 0 Å². The number of thiazole rings is 1. The van der Waals surface area contributed by atoms with Gasteiger partial charge in [0.15, 0.2) is 5.13 Å². The zero-order valence-electron chi connectivity index (χ0n) is 13.2. The third kappa shape index (κ3) is 2.93. The van der Waals surface area contributed by atoms with Crippen LogP contribution in [-0.4, -0.2) is 37.3 Å². The number of hydrogen-bond acceptors (Lipinski definition) is 5. The topological polar surface area (TPSA) is 51.7 Å². The highest BCUT2D eigenvalue weighted by Crippen LogP contribution is 2.38. The molecular weight excluding hydrogens is 312 g/mol. The minimum Gasteiger partial charge on any atom is -0.494 e. The summed E-state index contributed by atoms with van der Waals surface area (Å²) in [6.07, 6.45) is 4.21. The minimum absolute atomic E-state index is 0.131. The Morgan fingerprint density at radius 2 is 2.30 bits per heavy atom. The maximum atomic E-state index is 12.7. The van der Waals surface area contributed by atoms with Crippen LogP contribution in [0.2, 0.25) is 0 Å². The SMILES string of the molecule is COc1cccc2sc(N(C[C@H]3CCCO3)C(=O)C3CC3)nc12. The minimum atomic E-state index is 0.131. The number of benzene rings is 1. The highest BCUT2D eigenvalue weighted by molar-refractivity contribution is 7.22. The average molecular weight is 332 g/mol. The van der Waals surface area contributed by atoms with Gasteiger partial charge in [-0.3, -0.25) is 9.69 Å². The number of anilines is 1. The third-order valence-corrected chi connectivity index (χ3v) is 5.47. The molecule has 1 aliphatic carbocycles. The van der Waals surface area contributed by atoms with Crippen LogP contribution in [0, 0.1) is 5.92 Å². The van der Waals surface area contributed by atoms with Gasteiger partial charge in [0.25, 0.3) is 0 Å². The van der Waals surface area contributed by atoms with E-state index < -0.39 is 0 Å². The molecule has 1 aromatic heterocycles. The Balaban J connectivity index is 1.68. The molecule has 1 amide bonds. The molecule has 1 saturated carbocycles.